The second-order valence-electron chi connectivity index (χ2n) is 5.37. The monoisotopic (exact) mass is 346 g/mol. The van der Waals surface area contributed by atoms with E-state index in [0.717, 1.165) is 5.56 Å². The van der Waals surface area contributed by atoms with Gasteiger partial charge < -0.3 is 4.74 Å². The van der Waals surface area contributed by atoms with E-state index >= 15 is 0 Å². The lowest BCUT2D eigenvalue weighted by atomic mass is 9.88. The quantitative estimate of drug-likeness (QED) is 0.644. The zero-order valence-corrected chi connectivity index (χ0v) is 13.0. The van der Waals surface area contributed by atoms with Crippen molar-refractivity contribution in [3.8, 4) is 5.75 Å². The van der Waals surface area contributed by atoms with E-state index in [9.17, 15) is 13.2 Å². The molecule has 0 aliphatic carbocycles. The standard InChI is InChI=1S/C16H11Cl2F3O/c1-9-2-3-14-10(4-9)8-15(22-14,16(19,20)21)11-5-12(17)7-13(18)6-11/h2-7H,8H2,1H3. The van der Waals surface area contributed by atoms with Crippen LogP contribution in [0.2, 0.25) is 10.0 Å². The number of ether oxygens (including phenoxy) is 1. The second-order valence-corrected chi connectivity index (χ2v) is 6.25. The van der Waals surface area contributed by atoms with Crippen LogP contribution >= 0.6 is 23.2 Å². The maximum absolute atomic E-state index is 13.8. The Kier molecular flexibility index (Phi) is 3.57. The molecule has 1 atom stereocenters. The number of rotatable bonds is 1. The minimum atomic E-state index is -4.60. The van der Waals surface area contributed by atoms with Crippen LogP contribution in [0.5, 0.6) is 5.75 Å². The first-order valence-corrected chi connectivity index (χ1v) is 7.29. The van der Waals surface area contributed by atoms with Crippen molar-refractivity contribution in [2.75, 3.05) is 0 Å². The molecule has 0 aromatic heterocycles. The fourth-order valence-electron chi connectivity index (χ4n) is 2.71. The SMILES string of the molecule is Cc1ccc2c(c1)CC(c1cc(Cl)cc(Cl)c1)(C(F)(F)F)O2. The molecule has 0 radical (unpaired) electrons. The molecule has 22 heavy (non-hydrogen) atoms. The lowest BCUT2D eigenvalue weighted by molar-refractivity contribution is -0.248. The van der Waals surface area contributed by atoms with E-state index in [1.54, 1.807) is 18.2 Å². The van der Waals surface area contributed by atoms with Crippen LogP contribution in [0.15, 0.2) is 36.4 Å². The van der Waals surface area contributed by atoms with Gasteiger partial charge in [0.15, 0.2) is 0 Å². The normalized spacial score (nSPS) is 20.6. The fourth-order valence-corrected chi connectivity index (χ4v) is 3.23. The van der Waals surface area contributed by atoms with Gasteiger partial charge in [-0.05, 0) is 36.8 Å². The van der Waals surface area contributed by atoms with Gasteiger partial charge in [0.05, 0.1) is 0 Å². The van der Waals surface area contributed by atoms with Crippen molar-refractivity contribution in [3.05, 3.63) is 63.1 Å². The lowest BCUT2D eigenvalue weighted by Crippen LogP contribution is -2.46. The topological polar surface area (TPSA) is 9.23 Å². The zero-order valence-electron chi connectivity index (χ0n) is 11.5. The summed E-state index contributed by atoms with van der Waals surface area (Å²) in [6, 6.07) is 8.87. The van der Waals surface area contributed by atoms with Gasteiger partial charge in [-0.3, -0.25) is 0 Å². The highest BCUT2D eigenvalue weighted by Gasteiger charge is 2.61. The van der Waals surface area contributed by atoms with Crippen LogP contribution in [0.1, 0.15) is 16.7 Å². The number of hydrogen-bond acceptors (Lipinski definition) is 1. The first kappa shape index (κ1) is 15.5. The molecule has 0 N–H and O–H groups in total. The molecule has 0 saturated heterocycles. The van der Waals surface area contributed by atoms with Crippen molar-refractivity contribution in [2.45, 2.75) is 25.1 Å². The van der Waals surface area contributed by atoms with Crippen LogP contribution in [-0.4, -0.2) is 6.18 Å². The van der Waals surface area contributed by atoms with E-state index in [1.807, 2.05) is 6.92 Å². The molecule has 3 rings (SSSR count). The van der Waals surface area contributed by atoms with Crippen molar-refractivity contribution in [1.82, 2.24) is 0 Å². The van der Waals surface area contributed by atoms with Crippen molar-refractivity contribution < 1.29 is 17.9 Å². The van der Waals surface area contributed by atoms with Gasteiger partial charge in [-0.25, -0.2) is 0 Å². The Labute approximate surface area is 135 Å². The maximum atomic E-state index is 13.8. The highest BCUT2D eigenvalue weighted by atomic mass is 35.5. The second kappa shape index (κ2) is 5.07. The van der Waals surface area contributed by atoms with Crippen molar-refractivity contribution >= 4 is 23.2 Å². The Hall–Kier alpha value is -1.39. The number of aryl methyl sites for hydroxylation is 1. The summed E-state index contributed by atoms with van der Waals surface area (Å²) in [6.45, 7) is 1.82. The van der Waals surface area contributed by atoms with E-state index in [-0.39, 0.29) is 27.8 Å². The summed E-state index contributed by atoms with van der Waals surface area (Å²) >= 11 is 11.7. The van der Waals surface area contributed by atoms with Gasteiger partial charge in [0.25, 0.3) is 0 Å². The Balaban J connectivity index is 2.17. The average molecular weight is 347 g/mol. The van der Waals surface area contributed by atoms with E-state index in [4.69, 9.17) is 27.9 Å². The largest absolute Gasteiger partial charge is 0.472 e. The van der Waals surface area contributed by atoms with Crippen LogP contribution in [-0.2, 0) is 12.0 Å². The third-order valence-electron chi connectivity index (χ3n) is 3.73. The minimum absolute atomic E-state index is 0.0913. The van der Waals surface area contributed by atoms with Crippen LogP contribution in [0, 0.1) is 6.92 Å². The number of fused-ring (bicyclic) bond motifs is 1. The van der Waals surface area contributed by atoms with Gasteiger partial charge >= 0.3 is 6.18 Å². The van der Waals surface area contributed by atoms with Crippen molar-refractivity contribution in [3.63, 3.8) is 0 Å². The molecule has 1 aliphatic rings. The predicted octanol–water partition coefficient (Wildman–Crippen LogP) is 5.69. The third kappa shape index (κ3) is 2.44. The molecule has 1 nitrogen and oxygen atoms in total. The smallest absolute Gasteiger partial charge is 0.432 e. The van der Waals surface area contributed by atoms with Crippen molar-refractivity contribution in [1.29, 1.82) is 0 Å². The minimum Gasteiger partial charge on any atom is -0.472 e. The van der Waals surface area contributed by atoms with Gasteiger partial charge in [-0.15, -0.1) is 0 Å². The highest BCUT2D eigenvalue weighted by molar-refractivity contribution is 6.34. The van der Waals surface area contributed by atoms with E-state index in [1.165, 1.54) is 18.2 Å². The summed E-state index contributed by atoms with van der Waals surface area (Å²) in [6.07, 6.45) is -4.90. The van der Waals surface area contributed by atoms with Crippen LogP contribution in [0.4, 0.5) is 13.2 Å². The molecule has 2 aromatic carbocycles. The summed E-state index contributed by atoms with van der Waals surface area (Å²) in [4.78, 5) is 0. The molecule has 0 saturated carbocycles. The number of benzene rings is 2. The molecule has 6 heteroatoms. The zero-order chi connectivity index (χ0) is 16.1. The first-order chi connectivity index (χ1) is 10.2. The molecular weight excluding hydrogens is 336 g/mol. The van der Waals surface area contributed by atoms with E-state index < -0.39 is 11.8 Å². The Morgan fingerprint density at radius 3 is 2.27 bits per heavy atom. The maximum Gasteiger partial charge on any atom is 0.432 e. The van der Waals surface area contributed by atoms with Gasteiger partial charge in [0.2, 0.25) is 5.60 Å². The highest BCUT2D eigenvalue weighted by Crippen LogP contribution is 2.51. The molecule has 0 bridgehead atoms. The molecule has 116 valence electrons. The summed E-state index contributed by atoms with van der Waals surface area (Å²) < 4.78 is 46.8. The summed E-state index contributed by atoms with van der Waals surface area (Å²) in [7, 11) is 0. The summed E-state index contributed by atoms with van der Waals surface area (Å²) in [5, 5.41) is 0.281. The fraction of sp³-hybridized carbons (Fsp3) is 0.250. The van der Waals surface area contributed by atoms with Gasteiger partial charge in [-0.2, -0.15) is 13.2 Å². The molecule has 1 unspecified atom stereocenters. The summed E-state index contributed by atoms with van der Waals surface area (Å²) in [5.74, 6) is 0.235. The van der Waals surface area contributed by atoms with E-state index in [2.05, 4.69) is 0 Å². The van der Waals surface area contributed by atoms with Crippen molar-refractivity contribution in [2.24, 2.45) is 0 Å². The Morgan fingerprint density at radius 2 is 1.68 bits per heavy atom. The van der Waals surface area contributed by atoms with Crippen LogP contribution in [0.3, 0.4) is 0 Å². The average Bonchev–Trinajstić information content (AvgIpc) is 2.76. The lowest BCUT2D eigenvalue weighted by Gasteiger charge is -2.31. The van der Waals surface area contributed by atoms with Crippen LogP contribution < -0.4 is 4.74 Å². The van der Waals surface area contributed by atoms with Gasteiger partial charge in [-0.1, -0.05) is 40.9 Å². The summed E-state index contributed by atoms with van der Waals surface area (Å²) in [5.41, 5.74) is -1.15. The third-order valence-corrected chi connectivity index (χ3v) is 4.16. The van der Waals surface area contributed by atoms with Gasteiger partial charge in [0, 0.05) is 22.0 Å². The number of alkyl halides is 3. The first-order valence-electron chi connectivity index (χ1n) is 6.53. The molecule has 1 aliphatic heterocycles. The molecule has 0 amide bonds. The molecule has 0 spiro atoms. The number of hydrogen-bond donors (Lipinski definition) is 0. The van der Waals surface area contributed by atoms with Gasteiger partial charge in [0.1, 0.15) is 5.75 Å². The number of halogens is 5. The predicted molar refractivity (Wildman–Crippen MR) is 79.7 cm³/mol. The molecule has 1 heterocycles. The van der Waals surface area contributed by atoms with Crippen LogP contribution in [0.25, 0.3) is 0 Å². The Morgan fingerprint density at radius 1 is 1.05 bits per heavy atom. The Bertz CT molecular complexity index is 722. The molecule has 2 aromatic rings. The molecular formula is C16H11Cl2F3O. The van der Waals surface area contributed by atoms with E-state index in [0.29, 0.717) is 5.56 Å². The molecule has 0 fully saturated rings.